The molecule has 1 aliphatic carbocycles. The summed E-state index contributed by atoms with van der Waals surface area (Å²) in [6.45, 7) is 0.856. The Morgan fingerprint density at radius 2 is 1.89 bits per heavy atom. The maximum absolute atomic E-state index is 16.0. The molecule has 3 N–H and O–H groups in total. The van der Waals surface area contributed by atoms with Crippen LogP contribution < -0.4 is 10.6 Å². The molecule has 3 heterocycles. The van der Waals surface area contributed by atoms with Crippen molar-refractivity contribution in [3.05, 3.63) is 40.7 Å². The van der Waals surface area contributed by atoms with Gasteiger partial charge in [0.05, 0.1) is 30.8 Å². The smallest absolute Gasteiger partial charge is 0.382 e. The van der Waals surface area contributed by atoms with Crippen molar-refractivity contribution in [3.8, 4) is 0 Å². The number of aromatic nitrogens is 4. The number of hydrogen-bond donors (Lipinski definition) is 3. The van der Waals surface area contributed by atoms with E-state index in [0.29, 0.717) is 0 Å². The van der Waals surface area contributed by atoms with E-state index in [4.69, 9.17) is 14.1 Å². The summed E-state index contributed by atoms with van der Waals surface area (Å²) in [5, 5.41) is 11.7. The number of hydrogen-bond acceptors (Lipinski definition) is 8. The lowest BCUT2D eigenvalue weighted by Gasteiger charge is -2.27. The summed E-state index contributed by atoms with van der Waals surface area (Å²) < 4.78 is 111. The number of alkyl halides is 6. The molecule has 1 saturated carbocycles. The number of aromatic amines is 1. The normalized spacial score (nSPS) is 20.3. The molecular formula is C26H28F7N7O5. The highest BCUT2D eigenvalue weighted by Crippen LogP contribution is 2.40. The number of nitrogens with one attached hydrogen (secondary N) is 3. The first-order valence-electron chi connectivity index (χ1n) is 13.8. The number of halogens is 7. The van der Waals surface area contributed by atoms with Crippen LogP contribution in [-0.2, 0) is 9.47 Å². The Balaban J connectivity index is 1.49. The zero-order valence-corrected chi connectivity index (χ0v) is 23.9. The molecule has 45 heavy (non-hydrogen) atoms. The minimum absolute atomic E-state index is 0.0403. The Labute approximate surface area is 249 Å². The Kier molecular flexibility index (Phi) is 8.69. The highest BCUT2D eigenvalue weighted by molar-refractivity contribution is 5.93. The summed E-state index contributed by atoms with van der Waals surface area (Å²) in [5.74, 6) is -2.13. The second kappa shape index (κ2) is 12.1. The maximum Gasteiger partial charge on any atom is 0.414 e. The van der Waals surface area contributed by atoms with Gasteiger partial charge < -0.3 is 30.0 Å². The molecule has 2 fully saturated rings. The van der Waals surface area contributed by atoms with Gasteiger partial charge in [0, 0.05) is 18.6 Å². The molecule has 0 radical (unpaired) electrons. The number of benzene rings is 1. The summed E-state index contributed by atoms with van der Waals surface area (Å²) >= 11 is 0. The van der Waals surface area contributed by atoms with Crippen LogP contribution in [0.1, 0.15) is 72.3 Å². The molecule has 246 valence electrons. The number of imidazole rings is 1. The standard InChI is InChI=1S/C26H28F7N7O5/c1-10(44-11(2)25(28,29)30)18(37-23(41)21-19(12-4-5-12)38-45-39-21)22-34-14-7-6-13(17(27)20(14)36-22)15(9-43-3)40-8-16(26(31,32)33)35-24(40)42/h6-7,10-12,15-16,18H,4-5,8-9H2,1-3H3,(H,34,36)(H,35,42)(H,37,41)/t10-,11-,15-,16+,18-/m1/s1. The first-order valence-corrected chi connectivity index (χ1v) is 13.8. The molecule has 19 heteroatoms. The van der Waals surface area contributed by atoms with Crippen molar-refractivity contribution >= 4 is 23.0 Å². The molecule has 3 aromatic rings. The lowest BCUT2D eigenvalue weighted by Crippen LogP contribution is -2.41. The third kappa shape index (κ3) is 6.68. The Bertz CT molecular complexity index is 1550. The van der Waals surface area contributed by atoms with Gasteiger partial charge in [-0.3, -0.25) is 4.79 Å². The number of carbonyl (C=O) groups excluding carboxylic acids is 2. The topological polar surface area (TPSA) is 147 Å². The third-order valence-electron chi connectivity index (χ3n) is 7.66. The number of ether oxygens (including phenoxy) is 2. The van der Waals surface area contributed by atoms with Gasteiger partial charge in [-0.1, -0.05) is 11.2 Å². The van der Waals surface area contributed by atoms with Crippen molar-refractivity contribution in [2.45, 2.75) is 75.3 Å². The van der Waals surface area contributed by atoms with Gasteiger partial charge in [0.15, 0.2) is 17.6 Å². The number of rotatable bonds is 11. The molecule has 2 aliphatic rings. The molecule has 2 aromatic heterocycles. The lowest BCUT2D eigenvalue weighted by molar-refractivity contribution is -0.227. The zero-order valence-electron chi connectivity index (χ0n) is 23.9. The SMILES string of the molecule is COC[C@H](c1ccc2[nH]c([C@H](NC(=O)c3nonc3C3CC3)[C@@H](C)O[C@H](C)C(F)(F)F)nc2c1F)N1C[C@@H](C(F)(F)F)NC1=O. The fourth-order valence-electron chi connectivity index (χ4n) is 5.07. The van der Waals surface area contributed by atoms with E-state index in [1.807, 2.05) is 5.32 Å². The lowest BCUT2D eigenvalue weighted by atomic mass is 10.0. The van der Waals surface area contributed by atoms with Crippen molar-refractivity contribution in [2.24, 2.45) is 0 Å². The van der Waals surface area contributed by atoms with Crippen molar-refractivity contribution in [1.29, 1.82) is 0 Å². The Morgan fingerprint density at radius 3 is 2.49 bits per heavy atom. The van der Waals surface area contributed by atoms with Crippen LogP contribution >= 0.6 is 0 Å². The van der Waals surface area contributed by atoms with Gasteiger partial charge in [-0.15, -0.1) is 0 Å². The second-order valence-electron chi connectivity index (χ2n) is 10.9. The minimum Gasteiger partial charge on any atom is -0.382 e. The van der Waals surface area contributed by atoms with E-state index in [1.54, 1.807) is 0 Å². The molecule has 1 saturated heterocycles. The van der Waals surface area contributed by atoms with E-state index < -0.39 is 67.0 Å². The van der Waals surface area contributed by atoms with Gasteiger partial charge >= 0.3 is 18.4 Å². The Morgan fingerprint density at radius 1 is 1.18 bits per heavy atom. The number of methoxy groups -OCH3 is 1. The molecule has 1 aliphatic heterocycles. The van der Waals surface area contributed by atoms with Gasteiger partial charge in [0.2, 0.25) is 0 Å². The quantitative estimate of drug-likeness (QED) is 0.258. The molecule has 0 spiro atoms. The fourth-order valence-corrected chi connectivity index (χ4v) is 5.07. The molecule has 12 nitrogen and oxygen atoms in total. The van der Waals surface area contributed by atoms with Gasteiger partial charge in [0.25, 0.3) is 5.91 Å². The molecule has 5 atom stereocenters. The summed E-state index contributed by atoms with van der Waals surface area (Å²) in [7, 11) is 1.22. The van der Waals surface area contributed by atoms with Crippen LogP contribution in [0.3, 0.4) is 0 Å². The van der Waals surface area contributed by atoms with Gasteiger partial charge in [-0.05, 0) is 37.9 Å². The summed E-state index contributed by atoms with van der Waals surface area (Å²) in [6.07, 6.45) is -11.6. The van der Waals surface area contributed by atoms with Gasteiger partial charge in [-0.2, -0.15) is 26.3 Å². The molecular weight excluding hydrogens is 623 g/mol. The van der Waals surface area contributed by atoms with Crippen molar-refractivity contribution in [2.75, 3.05) is 20.3 Å². The van der Waals surface area contributed by atoms with E-state index in [1.165, 1.54) is 26.2 Å². The average Bonchev–Trinajstić information content (AvgIpc) is 3.33. The van der Waals surface area contributed by atoms with Crippen molar-refractivity contribution in [3.63, 3.8) is 0 Å². The molecule has 5 rings (SSSR count). The highest BCUT2D eigenvalue weighted by atomic mass is 19.4. The predicted octanol–water partition coefficient (Wildman–Crippen LogP) is 4.43. The van der Waals surface area contributed by atoms with Crippen LogP contribution in [0.15, 0.2) is 16.8 Å². The summed E-state index contributed by atoms with van der Waals surface area (Å²) in [5.41, 5.74) is -0.428. The highest BCUT2D eigenvalue weighted by Gasteiger charge is 2.49. The van der Waals surface area contributed by atoms with Crippen molar-refractivity contribution in [1.82, 2.24) is 35.8 Å². The minimum atomic E-state index is -4.75. The number of nitrogens with zero attached hydrogens (tertiary/aromatic N) is 4. The van der Waals surface area contributed by atoms with Crippen molar-refractivity contribution < 1.29 is 54.4 Å². The third-order valence-corrected chi connectivity index (χ3v) is 7.66. The van der Waals surface area contributed by atoms with Crippen LogP contribution in [0.25, 0.3) is 11.0 Å². The van der Waals surface area contributed by atoms with E-state index in [0.717, 1.165) is 24.7 Å². The largest absolute Gasteiger partial charge is 0.414 e. The number of fused-ring (bicyclic) bond motifs is 1. The van der Waals surface area contributed by atoms with Crippen LogP contribution in [0.4, 0.5) is 35.5 Å². The maximum atomic E-state index is 16.0. The summed E-state index contributed by atoms with van der Waals surface area (Å²) in [6, 6.07) is -3.41. The Hall–Kier alpha value is -4.00. The van der Waals surface area contributed by atoms with E-state index in [2.05, 4.69) is 25.6 Å². The molecule has 0 bridgehead atoms. The average molecular weight is 652 g/mol. The molecule has 0 unspecified atom stereocenters. The first kappa shape index (κ1) is 32.4. The fraction of sp³-hybridized carbons (Fsp3) is 0.577. The second-order valence-corrected chi connectivity index (χ2v) is 10.9. The number of urea groups is 1. The van der Waals surface area contributed by atoms with Crippen LogP contribution in [0.5, 0.6) is 0 Å². The van der Waals surface area contributed by atoms with Crippen LogP contribution in [-0.4, -0.2) is 88.0 Å². The van der Waals surface area contributed by atoms with Gasteiger partial charge in [0.1, 0.15) is 29.1 Å². The van der Waals surface area contributed by atoms with Crippen LogP contribution in [0, 0.1) is 5.82 Å². The first-order chi connectivity index (χ1) is 21.1. The van der Waals surface area contributed by atoms with E-state index in [-0.39, 0.29) is 46.3 Å². The van der Waals surface area contributed by atoms with E-state index >= 15 is 4.39 Å². The van der Waals surface area contributed by atoms with Crippen LogP contribution in [0.2, 0.25) is 0 Å². The zero-order chi connectivity index (χ0) is 32.8. The number of H-pyrrole nitrogens is 1. The van der Waals surface area contributed by atoms with Gasteiger partial charge in [-0.25, -0.2) is 18.8 Å². The number of carbonyl (C=O) groups is 2. The monoisotopic (exact) mass is 651 g/mol. The molecule has 3 amide bonds. The predicted molar refractivity (Wildman–Crippen MR) is 138 cm³/mol. The summed E-state index contributed by atoms with van der Waals surface area (Å²) in [4.78, 5) is 33.4. The van der Waals surface area contributed by atoms with E-state index in [9.17, 15) is 35.9 Å². The number of amides is 3. The molecule has 1 aromatic carbocycles.